The molecule has 0 bridgehead atoms. The molecule has 0 radical (unpaired) electrons. The summed E-state index contributed by atoms with van der Waals surface area (Å²) in [7, 11) is 0. The van der Waals surface area contributed by atoms with Gasteiger partial charge >= 0.3 is 0 Å². The first kappa shape index (κ1) is 12.0. The first-order chi connectivity index (χ1) is 6.10. The summed E-state index contributed by atoms with van der Waals surface area (Å²) >= 11 is 7.00. The van der Waals surface area contributed by atoms with Gasteiger partial charge in [0.25, 0.3) is 0 Å². The van der Waals surface area contributed by atoms with Crippen LogP contribution >= 0.6 is 31.9 Å². The Morgan fingerprint density at radius 1 is 1.15 bits per heavy atom. The molecule has 1 aliphatic rings. The molecule has 2 nitrogen and oxygen atoms in total. The van der Waals surface area contributed by atoms with Gasteiger partial charge in [0.15, 0.2) is 5.79 Å². The number of alkyl halides is 2. The minimum Gasteiger partial charge on any atom is -0.350 e. The van der Waals surface area contributed by atoms with E-state index in [-0.39, 0.29) is 11.2 Å². The zero-order chi connectivity index (χ0) is 9.95. The number of hydrogen-bond donors (Lipinski definition) is 0. The molecular weight excluding hydrogens is 300 g/mol. The van der Waals surface area contributed by atoms with Crippen molar-refractivity contribution in [2.45, 2.75) is 26.1 Å². The molecule has 0 unspecified atom stereocenters. The molecule has 0 spiro atoms. The molecule has 0 amide bonds. The fourth-order valence-electron chi connectivity index (χ4n) is 1.09. The summed E-state index contributed by atoms with van der Waals surface area (Å²) < 4.78 is 11.5. The maximum Gasteiger partial charge on any atom is 0.165 e. The summed E-state index contributed by atoms with van der Waals surface area (Å²) in [5.41, 5.74) is 0.106. The molecule has 0 aromatic carbocycles. The van der Waals surface area contributed by atoms with E-state index in [1.807, 2.05) is 6.92 Å². The molecule has 4 heteroatoms. The van der Waals surface area contributed by atoms with Crippen LogP contribution in [0.25, 0.3) is 0 Å². The lowest BCUT2D eigenvalue weighted by molar-refractivity contribution is -0.287. The largest absolute Gasteiger partial charge is 0.350 e. The summed E-state index contributed by atoms with van der Waals surface area (Å²) in [6, 6.07) is 0. The standard InChI is InChI=1S/C9H16Br2O2/c1-3-8(2)12-6-9(4-10,5-11)7-13-8/h3-7H2,1-2H3. The van der Waals surface area contributed by atoms with E-state index in [4.69, 9.17) is 9.47 Å². The Bertz CT molecular complexity index is 159. The molecule has 0 atom stereocenters. The van der Waals surface area contributed by atoms with Crippen LogP contribution < -0.4 is 0 Å². The third-order valence-electron chi connectivity index (χ3n) is 2.58. The van der Waals surface area contributed by atoms with Crippen molar-refractivity contribution < 1.29 is 9.47 Å². The van der Waals surface area contributed by atoms with Crippen LogP contribution in [0.15, 0.2) is 0 Å². The summed E-state index contributed by atoms with van der Waals surface area (Å²) in [6.07, 6.45) is 0.896. The molecule has 0 N–H and O–H groups in total. The fraction of sp³-hybridized carbons (Fsp3) is 1.00. The van der Waals surface area contributed by atoms with Gasteiger partial charge < -0.3 is 9.47 Å². The van der Waals surface area contributed by atoms with Gasteiger partial charge in [0.2, 0.25) is 0 Å². The minimum absolute atomic E-state index is 0.106. The normalized spacial score (nSPS) is 25.8. The maximum absolute atomic E-state index is 5.73. The molecule has 0 aromatic rings. The van der Waals surface area contributed by atoms with Crippen molar-refractivity contribution in [3.05, 3.63) is 0 Å². The minimum atomic E-state index is -0.367. The molecule has 0 aromatic heterocycles. The van der Waals surface area contributed by atoms with Crippen molar-refractivity contribution in [1.82, 2.24) is 0 Å². The Morgan fingerprint density at radius 3 is 1.92 bits per heavy atom. The molecule has 78 valence electrons. The predicted octanol–water partition coefficient (Wildman–Crippen LogP) is 2.94. The van der Waals surface area contributed by atoms with Crippen molar-refractivity contribution in [3.8, 4) is 0 Å². The van der Waals surface area contributed by atoms with Gasteiger partial charge in [0, 0.05) is 16.1 Å². The van der Waals surface area contributed by atoms with Crippen molar-refractivity contribution in [1.29, 1.82) is 0 Å². The van der Waals surface area contributed by atoms with E-state index in [1.165, 1.54) is 0 Å². The summed E-state index contributed by atoms with van der Waals surface area (Å²) in [5.74, 6) is -0.367. The molecule has 1 saturated heterocycles. The monoisotopic (exact) mass is 314 g/mol. The van der Waals surface area contributed by atoms with Crippen LogP contribution in [0.5, 0.6) is 0 Å². The zero-order valence-electron chi connectivity index (χ0n) is 8.11. The van der Waals surface area contributed by atoms with Gasteiger partial charge in [-0.1, -0.05) is 38.8 Å². The summed E-state index contributed by atoms with van der Waals surface area (Å²) in [5, 5.41) is 1.82. The van der Waals surface area contributed by atoms with E-state index < -0.39 is 0 Å². The Labute approximate surface area is 96.6 Å². The SMILES string of the molecule is CCC1(C)OCC(CBr)(CBr)CO1. The van der Waals surface area contributed by atoms with E-state index in [1.54, 1.807) is 0 Å². The van der Waals surface area contributed by atoms with Crippen LogP contribution in [0, 0.1) is 5.41 Å². The second-order valence-corrected chi connectivity index (χ2v) is 4.95. The van der Waals surface area contributed by atoms with Gasteiger partial charge in [0.05, 0.1) is 13.2 Å². The average molecular weight is 316 g/mol. The first-order valence-electron chi connectivity index (χ1n) is 4.49. The lowest BCUT2D eigenvalue weighted by atomic mass is 9.94. The molecule has 1 rings (SSSR count). The van der Waals surface area contributed by atoms with Crippen LogP contribution in [0.2, 0.25) is 0 Å². The number of rotatable bonds is 3. The Kier molecular flexibility index (Phi) is 4.23. The van der Waals surface area contributed by atoms with Gasteiger partial charge in [-0.05, 0) is 13.3 Å². The van der Waals surface area contributed by atoms with E-state index >= 15 is 0 Å². The number of halogens is 2. The van der Waals surface area contributed by atoms with Gasteiger partial charge in [-0.2, -0.15) is 0 Å². The second-order valence-electron chi connectivity index (χ2n) is 3.83. The highest BCUT2D eigenvalue weighted by Crippen LogP contribution is 2.34. The maximum atomic E-state index is 5.73. The van der Waals surface area contributed by atoms with E-state index in [9.17, 15) is 0 Å². The topological polar surface area (TPSA) is 18.5 Å². The lowest BCUT2D eigenvalue weighted by Crippen LogP contribution is -2.49. The molecule has 0 aliphatic carbocycles. The Hall–Kier alpha value is 0.880. The fourth-order valence-corrected chi connectivity index (χ4v) is 2.67. The molecule has 1 heterocycles. The average Bonchev–Trinajstić information content (AvgIpc) is 2.20. The molecular formula is C9H16Br2O2. The van der Waals surface area contributed by atoms with E-state index in [2.05, 4.69) is 38.8 Å². The van der Waals surface area contributed by atoms with Crippen molar-refractivity contribution >= 4 is 31.9 Å². The van der Waals surface area contributed by atoms with Gasteiger partial charge in [0.1, 0.15) is 0 Å². The second kappa shape index (κ2) is 4.60. The smallest absolute Gasteiger partial charge is 0.165 e. The van der Waals surface area contributed by atoms with E-state index in [0.29, 0.717) is 0 Å². The molecule has 1 fully saturated rings. The van der Waals surface area contributed by atoms with Crippen LogP contribution in [-0.4, -0.2) is 29.7 Å². The Balaban J connectivity index is 2.54. The molecule has 0 saturated carbocycles. The van der Waals surface area contributed by atoms with Crippen molar-refractivity contribution in [3.63, 3.8) is 0 Å². The van der Waals surface area contributed by atoms with Crippen LogP contribution in [0.4, 0.5) is 0 Å². The molecule has 13 heavy (non-hydrogen) atoms. The number of ether oxygens (including phenoxy) is 2. The third kappa shape index (κ3) is 2.67. The van der Waals surface area contributed by atoms with Gasteiger partial charge in [-0.3, -0.25) is 0 Å². The van der Waals surface area contributed by atoms with Crippen molar-refractivity contribution in [2.75, 3.05) is 23.9 Å². The predicted molar refractivity (Wildman–Crippen MR) is 60.6 cm³/mol. The lowest BCUT2D eigenvalue weighted by Gasteiger charge is -2.43. The van der Waals surface area contributed by atoms with Crippen LogP contribution in [-0.2, 0) is 9.47 Å². The molecule has 1 aliphatic heterocycles. The highest BCUT2D eigenvalue weighted by atomic mass is 79.9. The summed E-state index contributed by atoms with van der Waals surface area (Å²) in [4.78, 5) is 0. The third-order valence-corrected chi connectivity index (χ3v) is 4.96. The van der Waals surface area contributed by atoms with E-state index in [0.717, 1.165) is 30.3 Å². The quantitative estimate of drug-likeness (QED) is 0.746. The van der Waals surface area contributed by atoms with Gasteiger partial charge in [-0.15, -0.1) is 0 Å². The zero-order valence-corrected chi connectivity index (χ0v) is 11.3. The first-order valence-corrected chi connectivity index (χ1v) is 6.74. The summed E-state index contributed by atoms with van der Waals surface area (Å²) in [6.45, 7) is 5.59. The van der Waals surface area contributed by atoms with Crippen LogP contribution in [0.3, 0.4) is 0 Å². The number of hydrogen-bond acceptors (Lipinski definition) is 2. The van der Waals surface area contributed by atoms with Crippen molar-refractivity contribution in [2.24, 2.45) is 5.41 Å². The van der Waals surface area contributed by atoms with Crippen LogP contribution in [0.1, 0.15) is 20.3 Å². The highest BCUT2D eigenvalue weighted by molar-refractivity contribution is 9.09. The highest BCUT2D eigenvalue weighted by Gasteiger charge is 2.40. The Morgan fingerprint density at radius 2 is 1.62 bits per heavy atom. The van der Waals surface area contributed by atoms with Gasteiger partial charge in [-0.25, -0.2) is 0 Å².